The molecule has 2 saturated heterocycles. The van der Waals surface area contributed by atoms with Crippen molar-refractivity contribution in [1.82, 2.24) is 25.4 Å². The van der Waals surface area contributed by atoms with Crippen LogP contribution in [0.3, 0.4) is 0 Å². The number of nitrogens with two attached hydrogens (primary N) is 1. The summed E-state index contributed by atoms with van der Waals surface area (Å²) in [4.78, 5) is 47.0. The van der Waals surface area contributed by atoms with Gasteiger partial charge in [0.1, 0.15) is 24.1 Å². The van der Waals surface area contributed by atoms with E-state index in [9.17, 15) is 27.9 Å². The molecule has 0 bridgehead atoms. The first-order valence-corrected chi connectivity index (χ1v) is 16.2. The van der Waals surface area contributed by atoms with E-state index in [1.165, 1.54) is 19.2 Å². The van der Waals surface area contributed by atoms with Gasteiger partial charge in [-0.3, -0.25) is 14.1 Å². The fraction of sp³-hybridized carbons (Fsp3) is 0.462. The molecule has 4 heterocycles. The summed E-state index contributed by atoms with van der Waals surface area (Å²) in [5.41, 5.74) is 4.68. The summed E-state index contributed by atoms with van der Waals surface area (Å²) in [5, 5.41) is 22.0. The van der Waals surface area contributed by atoms with Crippen molar-refractivity contribution in [2.24, 2.45) is 12.2 Å². The van der Waals surface area contributed by atoms with Crippen molar-refractivity contribution in [3.8, 4) is 5.75 Å². The number of carboxylic acids is 1. The van der Waals surface area contributed by atoms with Crippen LogP contribution in [0, 0.1) is 0 Å². The van der Waals surface area contributed by atoms with Crippen molar-refractivity contribution in [3.05, 3.63) is 35.5 Å². The number of aromatic nitrogens is 3. The van der Waals surface area contributed by atoms with Crippen molar-refractivity contribution in [2.45, 2.75) is 50.4 Å². The molecule has 2 fully saturated rings. The van der Waals surface area contributed by atoms with Crippen LogP contribution >= 0.6 is 11.3 Å². The van der Waals surface area contributed by atoms with Gasteiger partial charge in [0.25, 0.3) is 17.9 Å². The Labute approximate surface area is 266 Å². The monoisotopic (exact) mass is 681 g/mol. The van der Waals surface area contributed by atoms with E-state index in [1.54, 1.807) is 12.1 Å². The molecule has 2 atom stereocenters. The molecule has 6 N–H and O–H groups in total. The Kier molecular flexibility index (Phi) is 9.18. The number of carboxylic acid groups (broad SMARTS) is 1. The lowest BCUT2D eigenvalue weighted by molar-refractivity contribution is -0.733. The average molecular weight is 682 g/mol. The van der Waals surface area contributed by atoms with Crippen LogP contribution in [0.4, 0.5) is 5.13 Å². The number of fused-ring (bicyclic) bond motifs is 1. The van der Waals surface area contributed by atoms with Gasteiger partial charge in [0.05, 0.1) is 23.2 Å². The number of thiazole rings is 1. The second-order valence-corrected chi connectivity index (χ2v) is 13.1. The molecule has 0 spiro atoms. The smallest absolute Gasteiger partial charge is 0.418 e. The van der Waals surface area contributed by atoms with E-state index < -0.39 is 58.2 Å². The van der Waals surface area contributed by atoms with Gasteiger partial charge in [-0.05, 0) is 51.9 Å². The molecule has 0 saturated carbocycles. The van der Waals surface area contributed by atoms with Gasteiger partial charge in [-0.1, -0.05) is 5.16 Å². The number of amides is 2. The lowest BCUT2D eigenvalue weighted by atomic mass is 9.84. The summed E-state index contributed by atoms with van der Waals surface area (Å²) < 4.78 is 45.5. The van der Waals surface area contributed by atoms with Gasteiger partial charge in [0.15, 0.2) is 17.9 Å². The molecule has 3 aromatic rings. The Hall–Kier alpha value is -4.37. The molecule has 0 aliphatic carbocycles. The van der Waals surface area contributed by atoms with E-state index in [4.69, 9.17) is 19.9 Å². The summed E-state index contributed by atoms with van der Waals surface area (Å²) >= 11 is 0.970. The first kappa shape index (κ1) is 33.0. The number of rotatable bonds is 12. The van der Waals surface area contributed by atoms with E-state index in [0.717, 1.165) is 48.2 Å². The Morgan fingerprint density at radius 1 is 1.33 bits per heavy atom. The minimum absolute atomic E-state index is 0.0687. The number of hydroxylamine groups is 2. The SMILES string of the molecule is C[n+]1c2ccc(OC[C@H](O/N=C(\C(=O)N[C@@H]3C(=O)N(OS(=O)(=O)O)C3(C)C)c3csc(N)n3)C(=O)O)cc2cn1C1CCNCC1. The highest BCUT2D eigenvalue weighted by molar-refractivity contribution is 7.80. The highest BCUT2D eigenvalue weighted by Crippen LogP contribution is 2.33. The van der Waals surface area contributed by atoms with Crippen LogP contribution in [-0.2, 0) is 41.0 Å². The maximum atomic E-state index is 13.2. The molecule has 1 aromatic carbocycles. The maximum Gasteiger partial charge on any atom is 0.418 e. The zero-order chi connectivity index (χ0) is 33.4. The molecule has 46 heavy (non-hydrogen) atoms. The topological polar surface area (TPSA) is 241 Å². The van der Waals surface area contributed by atoms with Crippen molar-refractivity contribution >= 4 is 61.3 Å². The van der Waals surface area contributed by atoms with Crippen LogP contribution in [0.25, 0.3) is 10.9 Å². The molecule has 0 radical (unpaired) electrons. The Balaban J connectivity index is 1.30. The second-order valence-electron chi connectivity index (χ2n) is 11.2. The lowest BCUT2D eigenvalue weighted by Gasteiger charge is -2.50. The standard InChI is InChI=1S/C26H32N8O10S2/c1-26(2)21(23(36)34(26)44-46(39,40)41)30-22(35)20(17-13-45-25(27)29-17)31-43-19(24(37)38)12-42-16-4-5-18-14(10-16)11-33(32(18)3)15-6-8-28-9-7-15/h4-5,10-11,13,15,19,21,28H,6-9,12H2,1-3H3,(H4-,27,29,30,35,37,38,39,40,41)/p+1/b31-20-/t19-,21+/m0/s1. The van der Waals surface area contributed by atoms with Crippen LogP contribution < -0.4 is 25.8 Å². The van der Waals surface area contributed by atoms with Crippen LogP contribution in [0.5, 0.6) is 5.75 Å². The zero-order valence-electron chi connectivity index (χ0n) is 24.9. The number of benzene rings is 1. The summed E-state index contributed by atoms with van der Waals surface area (Å²) in [6.45, 7) is 4.14. The Bertz CT molecular complexity index is 1800. The third-order valence-corrected chi connectivity index (χ3v) is 8.71. The van der Waals surface area contributed by atoms with Gasteiger partial charge in [-0.2, -0.15) is 18.2 Å². The minimum Gasteiger partial charge on any atom is -0.489 e. The van der Waals surface area contributed by atoms with Crippen LogP contribution in [0.2, 0.25) is 0 Å². The summed E-state index contributed by atoms with van der Waals surface area (Å²) in [7, 11) is -3.03. The number of aliphatic carboxylic acids is 1. The molecule has 2 aliphatic heterocycles. The fourth-order valence-electron chi connectivity index (χ4n) is 5.25. The molecule has 5 rings (SSSR count). The zero-order valence-corrected chi connectivity index (χ0v) is 26.6. The van der Waals surface area contributed by atoms with Crippen molar-refractivity contribution in [3.63, 3.8) is 0 Å². The molecule has 2 aromatic heterocycles. The van der Waals surface area contributed by atoms with Gasteiger partial charge in [-0.15, -0.1) is 20.3 Å². The predicted molar refractivity (Wildman–Crippen MR) is 161 cm³/mol. The number of oxime groups is 1. The number of ether oxygens (including phenoxy) is 1. The van der Waals surface area contributed by atoms with Gasteiger partial charge >= 0.3 is 16.4 Å². The number of nitrogens with zero attached hydrogens (tertiary/aromatic N) is 5. The van der Waals surface area contributed by atoms with Crippen molar-refractivity contribution < 1.29 is 51.0 Å². The third-order valence-electron chi connectivity index (χ3n) is 7.70. The predicted octanol–water partition coefficient (Wildman–Crippen LogP) is -0.478. The first-order valence-electron chi connectivity index (χ1n) is 14.0. The number of carbonyl (C=O) groups is 3. The number of piperidine rings is 1. The quantitative estimate of drug-likeness (QED) is 0.0534. The maximum absolute atomic E-state index is 13.2. The van der Waals surface area contributed by atoms with Gasteiger partial charge in [-0.25, -0.2) is 9.78 Å². The molecule has 248 valence electrons. The number of aryl methyl sites for hydroxylation is 1. The molecule has 0 unspecified atom stereocenters. The number of anilines is 1. The highest BCUT2D eigenvalue weighted by atomic mass is 32.3. The van der Waals surface area contributed by atoms with Crippen molar-refractivity contribution in [1.29, 1.82) is 0 Å². The number of β-lactam (4-membered cyclic amide) rings is 1. The molecule has 18 nitrogen and oxygen atoms in total. The summed E-state index contributed by atoms with van der Waals surface area (Å²) in [6, 6.07) is 4.40. The molecule has 20 heteroatoms. The number of nitrogen functional groups attached to an aromatic ring is 1. The number of nitrogens with one attached hydrogen (secondary N) is 2. The normalized spacial score (nSPS) is 19.5. The highest BCUT2D eigenvalue weighted by Gasteiger charge is 2.58. The lowest BCUT2D eigenvalue weighted by Crippen LogP contribution is -2.76. The van der Waals surface area contributed by atoms with Crippen molar-refractivity contribution in [2.75, 3.05) is 25.4 Å². The largest absolute Gasteiger partial charge is 0.489 e. The number of carbonyl (C=O) groups excluding carboxylic acids is 2. The molecule has 2 amide bonds. The first-order chi connectivity index (χ1) is 21.7. The van der Waals surface area contributed by atoms with E-state index in [-0.39, 0.29) is 10.8 Å². The third kappa shape index (κ3) is 6.89. The second kappa shape index (κ2) is 12.8. The summed E-state index contributed by atoms with van der Waals surface area (Å²) in [6.07, 6.45) is 2.37. The van der Waals surface area contributed by atoms with Gasteiger partial charge < -0.3 is 31.0 Å². The number of hydrogen-bond donors (Lipinski definition) is 5. The number of hydrogen-bond acceptors (Lipinski definition) is 13. The summed E-state index contributed by atoms with van der Waals surface area (Å²) in [5.74, 6) is -3.03. The van der Waals surface area contributed by atoms with Gasteiger partial charge in [0, 0.05) is 11.4 Å². The Morgan fingerprint density at radius 3 is 2.65 bits per heavy atom. The van der Waals surface area contributed by atoms with Gasteiger partial charge in [0.2, 0.25) is 5.52 Å². The Morgan fingerprint density at radius 2 is 2.04 bits per heavy atom. The van der Waals surface area contributed by atoms with E-state index >= 15 is 0 Å². The van der Waals surface area contributed by atoms with Crippen LogP contribution in [0.15, 0.2) is 34.9 Å². The molecular weight excluding hydrogens is 648 g/mol. The minimum atomic E-state index is -5.01. The molecular formula is C26H33N8O10S2+. The van der Waals surface area contributed by atoms with E-state index in [2.05, 4.69) is 34.4 Å². The van der Waals surface area contributed by atoms with Crippen LogP contribution in [0.1, 0.15) is 38.4 Å². The fourth-order valence-corrected chi connectivity index (χ4v) is 6.25. The van der Waals surface area contributed by atoms with Crippen LogP contribution in [-0.4, -0.2) is 93.7 Å². The molecule has 2 aliphatic rings. The average Bonchev–Trinajstić information content (AvgIpc) is 3.58. The van der Waals surface area contributed by atoms with E-state index in [0.29, 0.717) is 16.9 Å². The van der Waals surface area contributed by atoms with E-state index in [1.807, 2.05) is 19.3 Å².